The van der Waals surface area contributed by atoms with Crippen LogP contribution in [-0.4, -0.2) is 72.6 Å². The summed E-state index contributed by atoms with van der Waals surface area (Å²) in [5.41, 5.74) is -2.62. The molecule has 1 aromatic rings. The van der Waals surface area contributed by atoms with Gasteiger partial charge in [-0.15, -0.1) is 0 Å². The summed E-state index contributed by atoms with van der Waals surface area (Å²) in [4.78, 5) is 55.4. The maximum atomic E-state index is 13.6. The minimum Gasteiger partial charge on any atom is -0.462 e. The van der Waals surface area contributed by atoms with Crippen molar-refractivity contribution in [3.05, 3.63) is 35.9 Å². The fourth-order valence-electron chi connectivity index (χ4n) is 4.57. The SMILES string of the molecule is CCN([C@@H]1O[C@H](COC(=O)C(C)(C)C)[C@H](OC(=O)C(C)(C)C)[C@H](OC(=O)C(C)(C)C)[C@H]1OC(=O)C(C)(C)C)[C@@H](C)c1ccccc1. The number of hydrogen-bond acceptors (Lipinski definition) is 10. The quantitative estimate of drug-likeness (QED) is 0.225. The molecule has 1 saturated heterocycles. The van der Waals surface area contributed by atoms with Crippen LogP contribution in [0.2, 0.25) is 0 Å². The monoisotopic (exact) mass is 647 g/mol. The Morgan fingerprint density at radius 2 is 1.09 bits per heavy atom. The number of carbonyl (C=O) groups excluding carboxylic acids is 4. The second kappa shape index (κ2) is 14.8. The Morgan fingerprint density at radius 3 is 1.50 bits per heavy atom. The fourth-order valence-corrected chi connectivity index (χ4v) is 4.57. The summed E-state index contributed by atoms with van der Waals surface area (Å²) >= 11 is 0. The van der Waals surface area contributed by atoms with Crippen molar-refractivity contribution in [1.82, 2.24) is 4.90 Å². The predicted octanol–water partition coefficient (Wildman–Crippen LogP) is 6.26. The van der Waals surface area contributed by atoms with Gasteiger partial charge in [-0.05, 0) is 102 Å². The van der Waals surface area contributed by atoms with Crippen LogP contribution in [0.4, 0.5) is 0 Å². The zero-order chi connectivity index (χ0) is 35.4. The highest BCUT2D eigenvalue weighted by molar-refractivity contribution is 5.78. The lowest BCUT2D eigenvalue weighted by Gasteiger charge is -2.50. The Kier molecular flexibility index (Phi) is 12.6. The first-order valence-corrected chi connectivity index (χ1v) is 16.2. The molecule has 0 spiro atoms. The van der Waals surface area contributed by atoms with Crippen molar-refractivity contribution in [2.24, 2.45) is 21.7 Å². The normalized spacial score (nSPS) is 23.3. The van der Waals surface area contributed by atoms with Crippen LogP contribution in [0, 0.1) is 21.7 Å². The largest absolute Gasteiger partial charge is 0.462 e. The molecule has 0 amide bonds. The number of esters is 4. The first-order chi connectivity index (χ1) is 20.9. The molecule has 46 heavy (non-hydrogen) atoms. The molecule has 260 valence electrons. The summed E-state index contributed by atoms with van der Waals surface area (Å²) in [5, 5.41) is 0. The second-order valence-corrected chi connectivity index (χ2v) is 16.2. The third-order valence-electron chi connectivity index (χ3n) is 7.64. The van der Waals surface area contributed by atoms with Gasteiger partial charge in [0.2, 0.25) is 0 Å². The number of hydrogen-bond donors (Lipinski definition) is 0. The average molecular weight is 648 g/mol. The van der Waals surface area contributed by atoms with E-state index in [1.165, 1.54) is 0 Å². The van der Waals surface area contributed by atoms with E-state index in [2.05, 4.69) is 0 Å². The van der Waals surface area contributed by atoms with E-state index in [1.54, 1.807) is 83.1 Å². The molecule has 0 bridgehead atoms. The molecule has 6 atom stereocenters. The van der Waals surface area contributed by atoms with Crippen molar-refractivity contribution >= 4 is 23.9 Å². The van der Waals surface area contributed by atoms with Crippen LogP contribution in [0.1, 0.15) is 109 Å². The highest BCUT2D eigenvalue weighted by Gasteiger charge is 2.56. The zero-order valence-corrected chi connectivity index (χ0v) is 30.4. The fraction of sp³-hybridized carbons (Fsp3) is 0.722. The molecule has 10 heteroatoms. The number of ether oxygens (including phenoxy) is 5. The predicted molar refractivity (Wildman–Crippen MR) is 174 cm³/mol. The lowest BCUT2D eigenvalue weighted by atomic mass is 9.91. The maximum Gasteiger partial charge on any atom is 0.311 e. The topological polar surface area (TPSA) is 118 Å². The van der Waals surface area contributed by atoms with Crippen LogP contribution in [0.5, 0.6) is 0 Å². The number of carbonyl (C=O) groups is 4. The summed E-state index contributed by atoms with van der Waals surface area (Å²) in [6.07, 6.45) is -5.82. The first-order valence-electron chi connectivity index (χ1n) is 16.2. The van der Waals surface area contributed by atoms with E-state index >= 15 is 0 Å². The van der Waals surface area contributed by atoms with Crippen LogP contribution in [0.3, 0.4) is 0 Å². The van der Waals surface area contributed by atoms with Gasteiger partial charge < -0.3 is 23.7 Å². The van der Waals surface area contributed by atoms with Crippen molar-refractivity contribution in [1.29, 1.82) is 0 Å². The highest BCUT2D eigenvalue weighted by atomic mass is 16.7. The third-order valence-corrected chi connectivity index (χ3v) is 7.64. The highest BCUT2D eigenvalue weighted by Crippen LogP contribution is 2.37. The Bertz CT molecular complexity index is 1200. The van der Waals surface area contributed by atoms with Crippen LogP contribution in [0.25, 0.3) is 0 Å². The van der Waals surface area contributed by atoms with E-state index in [-0.39, 0.29) is 12.6 Å². The molecule has 1 aliphatic heterocycles. The molecule has 0 N–H and O–H groups in total. The van der Waals surface area contributed by atoms with E-state index < -0.39 is 76.2 Å². The minimum atomic E-state index is -1.29. The van der Waals surface area contributed by atoms with E-state index in [4.69, 9.17) is 23.7 Å². The van der Waals surface area contributed by atoms with Crippen LogP contribution < -0.4 is 0 Å². The summed E-state index contributed by atoms with van der Waals surface area (Å²) in [7, 11) is 0. The number of nitrogens with zero attached hydrogens (tertiary/aromatic N) is 1. The molecule has 1 aromatic carbocycles. The van der Waals surface area contributed by atoms with E-state index in [0.29, 0.717) is 6.54 Å². The lowest BCUT2D eigenvalue weighted by molar-refractivity contribution is -0.287. The van der Waals surface area contributed by atoms with Crippen LogP contribution >= 0.6 is 0 Å². The van der Waals surface area contributed by atoms with Gasteiger partial charge in [-0.2, -0.15) is 0 Å². The standard InChI is InChI=1S/C36H57NO9/c1-15-37(22(2)23-19-17-16-18-20-23)28-27(46-32(41)36(12,13)14)26(45-31(40)35(9,10)11)25(44-30(39)34(6,7)8)24(43-28)21-42-29(38)33(3,4)5/h16-20,22,24-28H,15,21H2,1-14H3/t22-,24+,25-,26-,27+,28+/m0/s1. The minimum absolute atomic E-state index is 0.238. The van der Waals surface area contributed by atoms with Gasteiger partial charge in [0.15, 0.2) is 24.5 Å². The molecule has 0 aromatic heterocycles. The van der Waals surface area contributed by atoms with Gasteiger partial charge in [0.1, 0.15) is 12.7 Å². The van der Waals surface area contributed by atoms with E-state index in [0.717, 1.165) is 5.56 Å². The molecule has 1 aliphatic rings. The van der Waals surface area contributed by atoms with Crippen LogP contribution in [0.15, 0.2) is 30.3 Å². The number of benzene rings is 1. The Balaban J connectivity index is 2.81. The molecule has 0 unspecified atom stereocenters. The molecular formula is C36H57NO9. The van der Waals surface area contributed by atoms with E-state index in [1.807, 2.05) is 49.1 Å². The Morgan fingerprint density at radius 1 is 0.674 bits per heavy atom. The molecule has 0 saturated carbocycles. The van der Waals surface area contributed by atoms with Crippen molar-refractivity contribution in [3.8, 4) is 0 Å². The molecule has 10 nitrogen and oxygen atoms in total. The number of likely N-dealkylation sites (N-methyl/N-ethyl adjacent to an activating group) is 1. The van der Waals surface area contributed by atoms with Gasteiger partial charge in [0.05, 0.1) is 21.7 Å². The van der Waals surface area contributed by atoms with Crippen molar-refractivity contribution in [2.45, 2.75) is 134 Å². The second-order valence-electron chi connectivity index (χ2n) is 16.2. The smallest absolute Gasteiger partial charge is 0.311 e. The average Bonchev–Trinajstić information content (AvgIpc) is 2.92. The Hall–Kier alpha value is -2.98. The van der Waals surface area contributed by atoms with Gasteiger partial charge in [-0.1, -0.05) is 37.3 Å². The molecule has 1 heterocycles. The molecule has 0 aliphatic carbocycles. The lowest BCUT2D eigenvalue weighted by Crippen LogP contribution is -2.67. The third kappa shape index (κ3) is 10.3. The van der Waals surface area contributed by atoms with Gasteiger partial charge in [-0.3, -0.25) is 24.1 Å². The molecule has 1 fully saturated rings. The summed E-state index contributed by atoms with van der Waals surface area (Å²) in [5.74, 6) is -2.21. The molecule has 0 radical (unpaired) electrons. The van der Waals surface area contributed by atoms with Crippen molar-refractivity contribution in [2.75, 3.05) is 13.2 Å². The summed E-state index contributed by atoms with van der Waals surface area (Å²) in [6.45, 7) is 24.7. The van der Waals surface area contributed by atoms with Crippen molar-refractivity contribution in [3.63, 3.8) is 0 Å². The van der Waals surface area contributed by atoms with Gasteiger partial charge >= 0.3 is 23.9 Å². The summed E-state index contributed by atoms with van der Waals surface area (Å²) < 4.78 is 30.9. The number of rotatable bonds is 9. The van der Waals surface area contributed by atoms with Gasteiger partial charge in [0, 0.05) is 6.04 Å². The maximum absolute atomic E-state index is 13.6. The van der Waals surface area contributed by atoms with Gasteiger partial charge in [-0.25, -0.2) is 0 Å². The zero-order valence-electron chi connectivity index (χ0n) is 30.4. The van der Waals surface area contributed by atoms with Crippen LogP contribution in [-0.2, 0) is 42.9 Å². The summed E-state index contributed by atoms with van der Waals surface area (Å²) in [6, 6.07) is 9.52. The Labute approximate surface area is 275 Å². The first kappa shape index (κ1) is 39.2. The van der Waals surface area contributed by atoms with Crippen molar-refractivity contribution < 1.29 is 42.9 Å². The molecular weight excluding hydrogens is 590 g/mol. The van der Waals surface area contributed by atoms with Gasteiger partial charge in [0.25, 0.3) is 0 Å². The van der Waals surface area contributed by atoms with E-state index in [9.17, 15) is 19.2 Å². The molecule has 2 rings (SSSR count).